The highest BCUT2D eigenvalue weighted by molar-refractivity contribution is 6.31. The van der Waals surface area contributed by atoms with Gasteiger partial charge in [0.25, 0.3) is 0 Å². The van der Waals surface area contributed by atoms with E-state index in [1.165, 1.54) is 6.07 Å². The molecule has 1 aromatic heterocycles. The average Bonchev–Trinajstić information content (AvgIpc) is 1.85. The summed E-state index contributed by atoms with van der Waals surface area (Å²) in [5.41, 5.74) is 0.331. The van der Waals surface area contributed by atoms with Crippen LogP contribution in [-0.2, 0) is 0 Å². The molecule has 0 aromatic carbocycles. The standard InChI is InChI=1S/C6H4ClN2O2/c1-4-2-3-5(9(10)11)6(7)8-4/h2H,1H3. The highest BCUT2D eigenvalue weighted by Crippen LogP contribution is 2.20. The second kappa shape index (κ2) is 2.84. The normalized spacial score (nSPS) is 9.64. The third kappa shape index (κ3) is 1.65. The lowest BCUT2D eigenvalue weighted by Gasteiger charge is -1.93. The van der Waals surface area contributed by atoms with Gasteiger partial charge in [0.15, 0.2) is 0 Å². The van der Waals surface area contributed by atoms with Gasteiger partial charge in [0.1, 0.15) is 0 Å². The molecule has 0 bridgehead atoms. The van der Waals surface area contributed by atoms with Gasteiger partial charge in [-0.3, -0.25) is 10.1 Å². The quantitative estimate of drug-likeness (QED) is 0.368. The topological polar surface area (TPSA) is 56.0 Å². The number of aromatic nitrogens is 1. The van der Waals surface area contributed by atoms with Gasteiger partial charge in [-0.15, -0.1) is 0 Å². The monoisotopic (exact) mass is 171 g/mol. The molecule has 5 heteroatoms. The molecule has 0 amide bonds. The molecule has 1 radical (unpaired) electrons. The molecule has 0 atom stereocenters. The zero-order chi connectivity index (χ0) is 8.43. The van der Waals surface area contributed by atoms with Gasteiger partial charge in [-0.2, -0.15) is 0 Å². The van der Waals surface area contributed by atoms with Gasteiger partial charge in [-0.05, 0) is 13.0 Å². The van der Waals surface area contributed by atoms with E-state index in [1.54, 1.807) is 6.92 Å². The molecule has 57 valence electrons. The van der Waals surface area contributed by atoms with E-state index in [4.69, 9.17) is 11.6 Å². The summed E-state index contributed by atoms with van der Waals surface area (Å²) in [4.78, 5) is 13.3. The van der Waals surface area contributed by atoms with Gasteiger partial charge in [0, 0.05) is 5.69 Å². The lowest BCUT2D eigenvalue weighted by Crippen LogP contribution is -1.92. The molecular formula is C6H4ClN2O2. The molecule has 0 aliphatic carbocycles. The van der Waals surface area contributed by atoms with Crippen LogP contribution in [0, 0.1) is 23.1 Å². The molecule has 0 saturated heterocycles. The minimum absolute atomic E-state index is 0.116. The molecule has 0 aliphatic rings. The first kappa shape index (κ1) is 7.94. The largest absolute Gasteiger partial charge is 0.314 e. The highest BCUT2D eigenvalue weighted by atomic mass is 35.5. The first-order chi connectivity index (χ1) is 5.11. The highest BCUT2D eigenvalue weighted by Gasteiger charge is 2.12. The second-order valence-electron chi connectivity index (χ2n) is 1.94. The Hall–Kier alpha value is -1.16. The van der Waals surface area contributed by atoms with Crippen LogP contribution in [0.4, 0.5) is 5.69 Å². The van der Waals surface area contributed by atoms with Crippen molar-refractivity contribution in [3.63, 3.8) is 0 Å². The van der Waals surface area contributed by atoms with E-state index < -0.39 is 4.92 Å². The number of halogens is 1. The van der Waals surface area contributed by atoms with Gasteiger partial charge >= 0.3 is 5.69 Å². The van der Waals surface area contributed by atoms with Crippen LogP contribution < -0.4 is 0 Å². The van der Waals surface area contributed by atoms with Crippen LogP contribution in [0.5, 0.6) is 0 Å². The van der Waals surface area contributed by atoms with Crippen molar-refractivity contribution in [2.24, 2.45) is 0 Å². The van der Waals surface area contributed by atoms with E-state index in [1.807, 2.05) is 0 Å². The summed E-state index contributed by atoms with van der Waals surface area (Å²) in [6.45, 7) is 1.69. The Morgan fingerprint density at radius 3 is 2.91 bits per heavy atom. The lowest BCUT2D eigenvalue weighted by atomic mass is 10.3. The fraction of sp³-hybridized carbons (Fsp3) is 0.167. The van der Waals surface area contributed by atoms with Crippen molar-refractivity contribution in [1.29, 1.82) is 0 Å². The van der Waals surface area contributed by atoms with E-state index in [9.17, 15) is 10.1 Å². The predicted molar refractivity (Wildman–Crippen MR) is 39.5 cm³/mol. The molecule has 1 rings (SSSR count). The smallest absolute Gasteiger partial charge is 0.258 e. The maximum atomic E-state index is 10.2. The van der Waals surface area contributed by atoms with Crippen LogP contribution in [0.1, 0.15) is 5.69 Å². The molecule has 0 spiro atoms. The van der Waals surface area contributed by atoms with Crippen LogP contribution in [0.2, 0.25) is 5.15 Å². The number of aryl methyl sites for hydroxylation is 1. The Morgan fingerprint density at radius 1 is 1.82 bits per heavy atom. The molecule has 4 nitrogen and oxygen atoms in total. The Labute approximate surface area is 68.0 Å². The van der Waals surface area contributed by atoms with E-state index in [0.29, 0.717) is 5.69 Å². The Morgan fingerprint density at radius 2 is 2.45 bits per heavy atom. The van der Waals surface area contributed by atoms with Gasteiger partial charge < -0.3 is 0 Å². The van der Waals surface area contributed by atoms with Crippen LogP contribution in [0.3, 0.4) is 0 Å². The van der Waals surface area contributed by atoms with Crippen LogP contribution in [0.25, 0.3) is 0 Å². The molecule has 0 aliphatic heterocycles. The predicted octanol–water partition coefficient (Wildman–Crippen LogP) is 1.75. The van der Waals surface area contributed by atoms with Crippen LogP contribution >= 0.6 is 11.6 Å². The summed E-state index contributed by atoms with van der Waals surface area (Å²) in [6, 6.07) is 3.83. The molecule has 1 heterocycles. The molecule has 0 saturated carbocycles. The second-order valence-corrected chi connectivity index (χ2v) is 2.30. The van der Waals surface area contributed by atoms with Crippen molar-refractivity contribution in [3.8, 4) is 0 Å². The summed E-state index contributed by atoms with van der Waals surface area (Å²) in [6.07, 6.45) is 0. The van der Waals surface area contributed by atoms with E-state index in [0.717, 1.165) is 0 Å². The molecule has 0 N–H and O–H groups in total. The van der Waals surface area contributed by atoms with Gasteiger partial charge in [-0.1, -0.05) is 11.6 Å². The van der Waals surface area contributed by atoms with Gasteiger partial charge in [-0.25, -0.2) is 4.98 Å². The lowest BCUT2D eigenvalue weighted by molar-refractivity contribution is -0.385. The van der Waals surface area contributed by atoms with Crippen LogP contribution in [-0.4, -0.2) is 9.91 Å². The number of rotatable bonds is 1. The molecule has 11 heavy (non-hydrogen) atoms. The number of hydrogen-bond acceptors (Lipinski definition) is 3. The third-order valence-corrected chi connectivity index (χ3v) is 1.33. The van der Waals surface area contributed by atoms with E-state index in [2.05, 4.69) is 11.1 Å². The number of hydrogen-bond donors (Lipinski definition) is 0. The summed E-state index contributed by atoms with van der Waals surface area (Å²) in [5.74, 6) is 0. The first-order valence-electron chi connectivity index (χ1n) is 2.80. The minimum atomic E-state index is -0.616. The van der Waals surface area contributed by atoms with Crippen molar-refractivity contribution >= 4 is 17.3 Å². The Bertz CT molecular complexity index is 301. The zero-order valence-electron chi connectivity index (χ0n) is 5.67. The van der Waals surface area contributed by atoms with E-state index in [-0.39, 0.29) is 10.8 Å². The summed E-state index contributed by atoms with van der Waals surface area (Å²) < 4.78 is 0. The minimum Gasteiger partial charge on any atom is -0.258 e. The summed E-state index contributed by atoms with van der Waals surface area (Å²) >= 11 is 5.44. The van der Waals surface area contributed by atoms with Crippen molar-refractivity contribution in [2.75, 3.05) is 0 Å². The third-order valence-electron chi connectivity index (χ3n) is 1.07. The molecule has 0 unspecified atom stereocenters. The van der Waals surface area contributed by atoms with Crippen molar-refractivity contribution in [3.05, 3.63) is 33.1 Å². The van der Waals surface area contributed by atoms with Crippen molar-refractivity contribution in [2.45, 2.75) is 6.92 Å². The SMILES string of the molecule is Cc1c[c]c([N+](=O)[O-])c(Cl)n1. The van der Waals surface area contributed by atoms with Gasteiger partial charge in [0.05, 0.1) is 11.0 Å². The number of nitrogens with zero attached hydrogens (tertiary/aromatic N) is 2. The van der Waals surface area contributed by atoms with Crippen LogP contribution in [0.15, 0.2) is 6.07 Å². The zero-order valence-corrected chi connectivity index (χ0v) is 6.42. The fourth-order valence-corrected chi connectivity index (χ4v) is 0.857. The number of pyridine rings is 1. The first-order valence-corrected chi connectivity index (χ1v) is 3.18. The van der Waals surface area contributed by atoms with Crippen molar-refractivity contribution in [1.82, 2.24) is 4.98 Å². The Balaban J connectivity index is 3.20. The van der Waals surface area contributed by atoms with Gasteiger partial charge in [0.2, 0.25) is 5.15 Å². The fourth-order valence-electron chi connectivity index (χ4n) is 0.600. The summed E-state index contributed by atoms with van der Waals surface area (Å²) in [5, 5.41) is 10.1. The summed E-state index contributed by atoms with van der Waals surface area (Å²) in [7, 11) is 0. The maximum absolute atomic E-state index is 10.2. The maximum Gasteiger partial charge on any atom is 0.314 e. The van der Waals surface area contributed by atoms with Crippen molar-refractivity contribution < 1.29 is 4.92 Å². The number of nitro groups is 1. The van der Waals surface area contributed by atoms with E-state index >= 15 is 0 Å². The average molecular weight is 172 g/mol. The molecular weight excluding hydrogens is 168 g/mol. The molecule has 0 fully saturated rings. The molecule has 1 aromatic rings. The Kier molecular flexibility index (Phi) is 2.05.